The fourth-order valence-electron chi connectivity index (χ4n) is 2.87. The molecule has 1 heterocycles. The predicted octanol–water partition coefficient (Wildman–Crippen LogP) is 3.68. The van der Waals surface area contributed by atoms with Gasteiger partial charge < -0.3 is 15.0 Å². The van der Waals surface area contributed by atoms with E-state index in [1.54, 1.807) is 6.07 Å². The second-order valence-corrected chi connectivity index (χ2v) is 7.43. The van der Waals surface area contributed by atoms with Crippen molar-refractivity contribution >= 4 is 23.4 Å². The van der Waals surface area contributed by atoms with Crippen LogP contribution < -0.4 is 10.1 Å². The van der Waals surface area contributed by atoms with E-state index in [0.29, 0.717) is 11.4 Å². The van der Waals surface area contributed by atoms with Gasteiger partial charge in [-0.25, -0.2) is 4.39 Å². The van der Waals surface area contributed by atoms with Crippen LogP contribution in [0.5, 0.6) is 5.75 Å². The summed E-state index contributed by atoms with van der Waals surface area (Å²) >= 11 is 2.01. The number of carbonyl (C=O) groups is 1. The van der Waals surface area contributed by atoms with Gasteiger partial charge in [0.15, 0.2) is 0 Å². The van der Waals surface area contributed by atoms with Crippen LogP contribution in [0, 0.1) is 5.82 Å². The van der Waals surface area contributed by atoms with Crippen LogP contribution >= 0.6 is 11.8 Å². The van der Waals surface area contributed by atoms with E-state index in [0.717, 1.165) is 26.1 Å². The molecule has 26 heavy (non-hydrogen) atoms. The molecular formula is C20H23FN2O2S. The Labute approximate surface area is 157 Å². The predicted molar refractivity (Wildman–Crippen MR) is 105 cm³/mol. The zero-order valence-electron chi connectivity index (χ0n) is 14.8. The molecule has 4 nitrogen and oxygen atoms in total. The topological polar surface area (TPSA) is 41.6 Å². The summed E-state index contributed by atoms with van der Waals surface area (Å²) in [6.45, 7) is 3.38. The van der Waals surface area contributed by atoms with Gasteiger partial charge in [-0.1, -0.05) is 12.1 Å². The second-order valence-electron chi connectivity index (χ2n) is 6.20. The molecule has 0 saturated carbocycles. The third-order valence-electron chi connectivity index (χ3n) is 4.45. The molecule has 1 amide bonds. The first-order valence-corrected chi connectivity index (χ1v) is 9.85. The van der Waals surface area contributed by atoms with Crippen LogP contribution in [0.1, 0.15) is 15.9 Å². The largest absolute Gasteiger partial charge is 0.497 e. The molecule has 0 spiro atoms. The number of thioether (sulfide) groups is 1. The Morgan fingerprint density at radius 3 is 2.58 bits per heavy atom. The summed E-state index contributed by atoms with van der Waals surface area (Å²) in [5, 5.41) is 2.74. The number of halogens is 1. The number of hydrogen-bond donors (Lipinski definition) is 1. The highest BCUT2D eigenvalue weighted by Gasteiger charge is 2.13. The van der Waals surface area contributed by atoms with Crippen LogP contribution in [0.2, 0.25) is 0 Å². The molecule has 3 rings (SSSR count). The van der Waals surface area contributed by atoms with E-state index in [9.17, 15) is 9.18 Å². The maximum absolute atomic E-state index is 14.0. The molecule has 1 aliphatic heterocycles. The number of nitrogens with zero attached hydrogens (tertiary/aromatic N) is 1. The van der Waals surface area contributed by atoms with Crippen molar-refractivity contribution in [2.24, 2.45) is 0 Å². The van der Waals surface area contributed by atoms with Gasteiger partial charge >= 0.3 is 0 Å². The van der Waals surface area contributed by atoms with Crippen molar-refractivity contribution in [3.63, 3.8) is 0 Å². The van der Waals surface area contributed by atoms with Crippen molar-refractivity contribution in [2.45, 2.75) is 6.42 Å². The Hall–Kier alpha value is -2.05. The van der Waals surface area contributed by atoms with Gasteiger partial charge in [-0.05, 0) is 36.2 Å². The average molecular weight is 374 g/mol. The number of carbonyl (C=O) groups excluding carboxylic acids is 1. The Balaban J connectivity index is 1.55. The molecule has 0 aliphatic carbocycles. The van der Waals surface area contributed by atoms with Crippen LogP contribution in [0.25, 0.3) is 0 Å². The van der Waals surface area contributed by atoms with Gasteiger partial charge in [0.25, 0.3) is 5.91 Å². The van der Waals surface area contributed by atoms with Gasteiger partial charge in [0.05, 0.1) is 12.7 Å². The first-order valence-electron chi connectivity index (χ1n) is 8.69. The minimum Gasteiger partial charge on any atom is -0.497 e. The van der Waals surface area contributed by atoms with Gasteiger partial charge in [0, 0.05) is 42.9 Å². The first kappa shape index (κ1) is 18.7. The zero-order chi connectivity index (χ0) is 18.4. The van der Waals surface area contributed by atoms with Crippen molar-refractivity contribution in [1.29, 1.82) is 0 Å². The summed E-state index contributed by atoms with van der Waals surface area (Å²) in [5.41, 5.74) is 1.89. The lowest BCUT2D eigenvalue weighted by Gasteiger charge is -2.26. The molecular weight excluding hydrogens is 351 g/mol. The Bertz CT molecular complexity index is 746. The van der Waals surface area contributed by atoms with Crippen molar-refractivity contribution in [1.82, 2.24) is 4.90 Å². The van der Waals surface area contributed by atoms with E-state index >= 15 is 0 Å². The summed E-state index contributed by atoms with van der Waals surface area (Å²) in [6, 6.07) is 11.9. The standard InChI is InChI=1S/C20H23FN2O2S/c1-25-17-6-7-18(19(21)14-17)20(24)22-16-4-2-15(3-5-16)8-9-23-10-12-26-13-11-23/h2-7,14H,8-13H2,1H3,(H,22,24). The molecule has 1 fully saturated rings. The SMILES string of the molecule is COc1ccc(C(=O)Nc2ccc(CCN3CCSCC3)cc2)c(F)c1. The van der Waals surface area contributed by atoms with Gasteiger partial charge in [-0.2, -0.15) is 11.8 Å². The summed E-state index contributed by atoms with van der Waals surface area (Å²) in [5.74, 6) is 1.75. The quantitative estimate of drug-likeness (QED) is 0.838. The fraction of sp³-hybridized carbons (Fsp3) is 0.350. The molecule has 0 radical (unpaired) electrons. The number of hydrogen-bond acceptors (Lipinski definition) is 4. The molecule has 138 valence electrons. The van der Waals surface area contributed by atoms with Crippen LogP contribution in [-0.4, -0.2) is 49.1 Å². The Morgan fingerprint density at radius 2 is 1.92 bits per heavy atom. The molecule has 1 saturated heterocycles. The summed E-state index contributed by atoms with van der Waals surface area (Å²) in [4.78, 5) is 14.7. The second kappa shape index (κ2) is 9.05. The molecule has 1 N–H and O–H groups in total. The minimum absolute atomic E-state index is 0.00200. The molecule has 0 aromatic heterocycles. The lowest BCUT2D eigenvalue weighted by atomic mass is 10.1. The Morgan fingerprint density at radius 1 is 1.19 bits per heavy atom. The van der Waals surface area contributed by atoms with Crippen LogP contribution in [0.3, 0.4) is 0 Å². The number of amides is 1. The average Bonchev–Trinajstić information content (AvgIpc) is 2.68. The lowest BCUT2D eigenvalue weighted by molar-refractivity contribution is 0.102. The monoisotopic (exact) mass is 374 g/mol. The third-order valence-corrected chi connectivity index (χ3v) is 5.40. The smallest absolute Gasteiger partial charge is 0.258 e. The van der Waals surface area contributed by atoms with Gasteiger partial charge in [-0.15, -0.1) is 0 Å². The summed E-state index contributed by atoms with van der Waals surface area (Å²) in [7, 11) is 1.46. The molecule has 0 unspecified atom stereocenters. The number of nitrogens with one attached hydrogen (secondary N) is 1. The van der Waals surface area contributed by atoms with E-state index in [-0.39, 0.29) is 5.56 Å². The first-order chi connectivity index (χ1) is 12.7. The normalized spacial score (nSPS) is 14.8. The molecule has 1 aliphatic rings. The van der Waals surface area contributed by atoms with Crippen molar-refractivity contribution < 1.29 is 13.9 Å². The maximum atomic E-state index is 14.0. The fourth-order valence-corrected chi connectivity index (χ4v) is 3.85. The Kier molecular flexibility index (Phi) is 6.52. The number of rotatable bonds is 6. The molecule has 2 aromatic carbocycles. The van der Waals surface area contributed by atoms with Crippen LogP contribution in [0.15, 0.2) is 42.5 Å². The van der Waals surface area contributed by atoms with Gasteiger partial charge in [0.2, 0.25) is 0 Å². The van der Waals surface area contributed by atoms with Crippen LogP contribution in [-0.2, 0) is 6.42 Å². The maximum Gasteiger partial charge on any atom is 0.258 e. The highest BCUT2D eigenvalue weighted by Crippen LogP contribution is 2.18. The highest BCUT2D eigenvalue weighted by atomic mass is 32.2. The van der Waals surface area contributed by atoms with E-state index in [1.165, 1.54) is 36.3 Å². The van der Waals surface area contributed by atoms with Crippen molar-refractivity contribution in [3.05, 3.63) is 59.4 Å². The van der Waals surface area contributed by atoms with Crippen molar-refractivity contribution in [2.75, 3.05) is 43.6 Å². The molecule has 6 heteroatoms. The van der Waals surface area contributed by atoms with E-state index < -0.39 is 11.7 Å². The number of anilines is 1. The van der Waals surface area contributed by atoms with Crippen molar-refractivity contribution in [3.8, 4) is 5.75 Å². The molecule has 0 atom stereocenters. The van der Waals surface area contributed by atoms with E-state index in [2.05, 4.69) is 10.2 Å². The van der Waals surface area contributed by atoms with Gasteiger partial charge in [-0.3, -0.25) is 4.79 Å². The molecule has 0 bridgehead atoms. The van der Waals surface area contributed by atoms with Gasteiger partial charge in [0.1, 0.15) is 11.6 Å². The summed E-state index contributed by atoms with van der Waals surface area (Å²) < 4.78 is 18.9. The summed E-state index contributed by atoms with van der Waals surface area (Å²) in [6.07, 6.45) is 0.992. The lowest BCUT2D eigenvalue weighted by Crippen LogP contribution is -2.34. The van der Waals surface area contributed by atoms with E-state index in [4.69, 9.17) is 4.74 Å². The number of ether oxygens (including phenoxy) is 1. The third kappa shape index (κ3) is 4.99. The number of methoxy groups -OCH3 is 1. The minimum atomic E-state index is -0.599. The van der Waals surface area contributed by atoms with E-state index in [1.807, 2.05) is 36.0 Å². The highest BCUT2D eigenvalue weighted by molar-refractivity contribution is 7.99. The molecule has 2 aromatic rings. The zero-order valence-corrected chi connectivity index (χ0v) is 15.7. The van der Waals surface area contributed by atoms with Crippen LogP contribution in [0.4, 0.5) is 10.1 Å². The number of benzene rings is 2.